The molecule has 1 saturated heterocycles. The van der Waals surface area contributed by atoms with Crippen LogP contribution in [0.2, 0.25) is 0 Å². The van der Waals surface area contributed by atoms with Crippen LogP contribution in [0, 0.1) is 0 Å². The van der Waals surface area contributed by atoms with Crippen LogP contribution in [0.1, 0.15) is 26.2 Å². The largest absolute Gasteiger partial charge is 0.329 e. The minimum absolute atomic E-state index is 0.591. The van der Waals surface area contributed by atoms with E-state index in [1.54, 1.807) is 0 Å². The second-order valence-electron chi connectivity index (χ2n) is 2.93. The van der Waals surface area contributed by atoms with Crippen molar-refractivity contribution in [1.82, 2.24) is 5.32 Å². The molecule has 2 atom stereocenters. The van der Waals surface area contributed by atoms with Crippen LogP contribution in [0.25, 0.3) is 0 Å². The lowest BCUT2D eigenvalue weighted by atomic mass is 10.00. The molecule has 0 saturated carbocycles. The second kappa shape index (κ2) is 3.18. The highest BCUT2D eigenvalue weighted by Crippen LogP contribution is 2.10. The van der Waals surface area contributed by atoms with Crippen molar-refractivity contribution in [3.8, 4) is 0 Å². The zero-order valence-corrected chi connectivity index (χ0v) is 6.06. The van der Waals surface area contributed by atoms with Crippen molar-refractivity contribution in [2.24, 2.45) is 5.73 Å². The third-order valence-corrected chi connectivity index (χ3v) is 1.99. The molecular weight excluding hydrogens is 112 g/mol. The predicted molar refractivity (Wildman–Crippen MR) is 39.3 cm³/mol. The number of hydrogen-bond acceptors (Lipinski definition) is 2. The van der Waals surface area contributed by atoms with Gasteiger partial charge in [-0.15, -0.1) is 0 Å². The molecule has 0 amide bonds. The molecule has 0 bridgehead atoms. The van der Waals surface area contributed by atoms with Crippen LogP contribution in [0.4, 0.5) is 0 Å². The van der Waals surface area contributed by atoms with Gasteiger partial charge in [0.1, 0.15) is 0 Å². The summed E-state index contributed by atoms with van der Waals surface area (Å²) >= 11 is 0. The van der Waals surface area contributed by atoms with Crippen LogP contribution < -0.4 is 11.1 Å². The van der Waals surface area contributed by atoms with Crippen molar-refractivity contribution in [3.63, 3.8) is 0 Å². The zero-order valence-electron chi connectivity index (χ0n) is 6.06. The molecule has 0 radical (unpaired) electrons. The van der Waals surface area contributed by atoms with Crippen LogP contribution in [0.15, 0.2) is 0 Å². The smallest absolute Gasteiger partial charge is 0.0192 e. The topological polar surface area (TPSA) is 38.0 Å². The summed E-state index contributed by atoms with van der Waals surface area (Å²) in [4.78, 5) is 0. The van der Waals surface area contributed by atoms with Crippen molar-refractivity contribution in [3.05, 3.63) is 0 Å². The number of piperidine rings is 1. The Morgan fingerprint density at radius 2 is 2.33 bits per heavy atom. The standard InChI is InChI=1S/C7H16N2/c1-6-3-2-4-7(5-8)9-6/h6-7,9H,2-5,8H2,1H3/t6-,7+/m1/s1. The van der Waals surface area contributed by atoms with E-state index in [2.05, 4.69) is 12.2 Å². The van der Waals surface area contributed by atoms with Gasteiger partial charge in [-0.1, -0.05) is 6.42 Å². The summed E-state index contributed by atoms with van der Waals surface area (Å²) in [5.41, 5.74) is 5.50. The highest BCUT2D eigenvalue weighted by Gasteiger charge is 2.15. The fraction of sp³-hybridized carbons (Fsp3) is 1.00. The molecule has 54 valence electrons. The van der Waals surface area contributed by atoms with Gasteiger partial charge < -0.3 is 11.1 Å². The third-order valence-electron chi connectivity index (χ3n) is 1.99. The van der Waals surface area contributed by atoms with Gasteiger partial charge in [0, 0.05) is 18.6 Å². The normalized spacial score (nSPS) is 36.7. The highest BCUT2D eigenvalue weighted by atomic mass is 15.0. The van der Waals surface area contributed by atoms with E-state index < -0.39 is 0 Å². The SMILES string of the molecule is C[C@@H]1CCC[C@@H](CN)N1. The Morgan fingerprint density at radius 3 is 2.78 bits per heavy atom. The van der Waals surface area contributed by atoms with Crippen molar-refractivity contribution in [2.45, 2.75) is 38.3 Å². The van der Waals surface area contributed by atoms with E-state index in [1.807, 2.05) is 0 Å². The fourth-order valence-corrected chi connectivity index (χ4v) is 1.43. The van der Waals surface area contributed by atoms with E-state index >= 15 is 0 Å². The summed E-state index contributed by atoms with van der Waals surface area (Å²) in [6.07, 6.45) is 3.92. The van der Waals surface area contributed by atoms with E-state index in [9.17, 15) is 0 Å². The second-order valence-corrected chi connectivity index (χ2v) is 2.93. The molecule has 1 fully saturated rings. The maximum Gasteiger partial charge on any atom is 0.0192 e. The molecule has 3 N–H and O–H groups in total. The molecule has 1 aliphatic heterocycles. The van der Waals surface area contributed by atoms with E-state index in [4.69, 9.17) is 5.73 Å². The Morgan fingerprint density at radius 1 is 1.56 bits per heavy atom. The lowest BCUT2D eigenvalue weighted by Gasteiger charge is -2.27. The molecule has 1 heterocycles. The summed E-state index contributed by atoms with van der Waals surface area (Å²) in [6.45, 7) is 3.02. The molecule has 9 heavy (non-hydrogen) atoms. The maximum atomic E-state index is 5.50. The third kappa shape index (κ3) is 1.95. The number of rotatable bonds is 1. The van der Waals surface area contributed by atoms with Crippen molar-refractivity contribution in [2.75, 3.05) is 6.54 Å². The maximum absolute atomic E-state index is 5.50. The Balaban J connectivity index is 2.23. The van der Waals surface area contributed by atoms with Gasteiger partial charge in [0.15, 0.2) is 0 Å². The van der Waals surface area contributed by atoms with Gasteiger partial charge in [-0.25, -0.2) is 0 Å². The molecule has 1 rings (SSSR count). The number of hydrogen-bond donors (Lipinski definition) is 2. The molecule has 2 heteroatoms. The molecule has 0 aromatic carbocycles. The van der Waals surface area contributed by atoms with Crippen LogP contribution in [0.5, 0.6) is 0 Å². The minimum Gasteiger partial charge on any atom is -0.329 e. The first kappa shape index (κ1) is 7.03. The minimum atomic E-state index is 0.591. The fourth-order valence-electron chi connectivity index (χ4n) is 1.43. The Bertz CT molecular complexity index is 83.0. The summed E-state index contributed by atoms with van der Waals surface area (Å²) in [5.74, 6) is 0. The lowest BCUT2D eigenvalue weighted by Crippen LogP contribution is -2.44. The molecule has 2 nitrogen and oxygen atoms in total. The Kier molecular flexibility index (Phi) is 2.49. The zero-order chi connectivity index (χ0) is 6.69. The van der Waals surface area contributed by atoms with Crippen LogP contribution in [-0.4, -0.2) is 18.6 Å². The van der Waals surface area contributed by atoms with E-state index in [0.717, 1.165) is 6.54 Å². The Labute approximate surface area is 56.8 Å². The molecule has 1 aliphatic rings. The van der Waals surface area contributed by atoms with Gasteiger partial charge >= 0.3 is 0 Å². The molecule has 0 aromatic rings. The lowest BCUT2D eigenvalue weighted by molar-refractivity contribution is 0.340. The molecule has 0 aromatic heterocycles. The van der Waals surface area contributed by atoms with Crippen LogP contribution in [-0.2, 0) is 0 Å². The van der Waals surface area contributed by atoms with Gasteiger partial charge in [0.2, 0.25) is 0 Å². The quantitative estimate of drug-likeness (QED) is 0.539. The van der Waals surface area contributed by atoms with Crippen molar-refractivity contribution >= 4 is 0 Å². The first-order chi connectivity index (χ1) is 4.33. The predicted octanol–water partition coefficient (Wildman–Crippen LogP) is 0.476. The molecule has 0 unspecified atom stereocenters. The van der Waals surface area contributed by atoms with Gasteiger partial charge in [-0.2, -0.15) is 0 Å². The van der Waals surface area contributed by atoms with Crippen molar-refractivity contribution in [1.29, 1.82) is 0 Å². The highest BCUT2D eigenvalue weighted by molar-refractivity contribution is 4.77. The number of nitrogens with two attached hydrogens (primary N) is 1. The first-order valence-electron chi connectivity index (χ1n) is 3.79. The summed E-state index contributed by atoms with van der Waals surface area (Å²) < 4.78 is 0. The molecular formula is C7H16N2. The van der Waals surface area contributed by atoms with Crippen LogP contribution in [0.3, 0.4) is 0 Å². The van der Waals surface area contributed by atoms with Gasteiger partial charge in [0.05, 0.1) is 0 Å². The van der Waals surface area contributed by atoms with Gasteiger partial charge in [-0.3, -0.25) is 0 Å². The summed E-state index contributed by atoms with van der Waals surface area (Å²) in [7, 11) is 0. The van der Waals surface area contributed by atoms with E-state index in [0.29, 0.717) is 12.1 Å². The van der Waals surface area contributed by atoms with Gasteiger partial charge in [-0.05, 0) is 19.8 Å². The van der Waals surface area contributed by atoms with Crippen molar-refractivity contribution < 1.29 is 0 Å². The van der Waals surface area contributed by atoms with Gasteiger partial charge in [0.25, 0.3) is 0 Å². The average molecular weight is 128 g/mol. The Hall–Kier alpha value is -0.0800. The monoisotopic (exact) mass is 128 g/mol. The summed E-state index contributed by atoms with van der Waals surface area (Å²) in [5, 5.41) is 3.44. The molecule has 0 spiro atoms. The van der Waals surface area contributed by atoms with Crippen LogP contribution >= 0.6 is 0 Å². The first-order valence-corrected chi connectivity index (χ1v) is 3.79. The average Bonchev–Trinajstić information content (AvgIpc) is 1.88. The molecule has 0 aliphatic carbocycles. The van der Waals surface area contributed by atoms with E-state index in [1.165, 1.54) is 19.3 Å². The number of nitrogens with one attached hydrogen (secondary N) is 1. The summed E-state index contributed by atoms with van der Waals surface area (Å²) in [6, 6.07) is 1.28. The van der Waals surface area contributed by atoms with E-state index in [-0.39, 0.29) is 0 Å².